The van der Waals surface area contributed by atoms with E-state index in [-0.39, 0.29) is 25.9 Å². The molecule has 10 nitrogen and oxygen atoms in total. The monoisotopic (exact) mass is 1090 g/mol. The van der Waals surface area contributed by atoms with E-state index in [0.29, 0.717) is 46.4 Å². The van der Waals surface area contributed by atoms with Crippen molar-refractivity contribution in [2.24, 2.45) is 11.8 Å². The molecule has 8 rings (SSSR count). The van der Waals surface area contributed by atoms with Crippen molar-refractivity contribution in [2.75, 3.05) is 37.5 Å². The third-order valence-corrected chi connectivity index (χ3v) is 10.8. The topological polar surface area (TPSA) is 101 Å². The van der Waals surface area contributed by atoms with Gasteiger partial charge in [0.25, 0.3) is 23.2 Å². The van der Waals surface area contributed by atoms with Crippen LogP contribution >= 0.6 is 46.4 Å². The van der Waals surface area contributed by atoms with Gasteiger partial charge in [0.2, 0.25) is 0 Å². The van der Waals surface area contributed by atoms with Crippen LogP contribution in [0.1, 0.15) is 37.3 Å². The number of alkyl halides is 13. The van der Waals surface area contributed by atoms with E-state index in [0.717, 1.165) is 4.90 Å². The Morgan fingerprint density at radius 1 is 0.507 bits per heavy atom. The van der Waals surface area contributed by atoms with E-state index in [4.69, 9.17) is 34.8 Å². The second kappa shape index (κ2) is 21.3. The van der Waals surface area contributed by atoms with Gasteiger partial charge in [-0.25, -0.2) is 26.3 Å². The summed E-state index contributed by atoms with van der Waals surface area (Å²) in [7, 11) is 0. The summed E-state index contributed by atoms with van der Waals surface area (Å²) in [6, 6.07) is 1.36. The Kier molecular flexibility index (Phi) is 17.0. The molecule has 0 saturated carbocycles. The number of nitrogens with zero attached hydrogens (tertiary/aromatic N) is 9. The second-order valence-electron chi connectivity index (χ2n) is 14.3. The first-order valence-corrected chi connectivity index (χ1v) is 20.8. The molecule has 2 fully saturated rings. The molecule has 0 unspecified atom stereocenters. The second-order valence-corrected chi connectivity index (χ2v) is 15.4. The van der Waals surface area contributed by atoms with Crippen LogP contribution in [0.25, 0.3) is 33.8 Å². The van der Waals surface area contributed by atoms with Crippen LogP contribution in [0.3, 0.4) is 0 Å². The summed E-state index contributed by atoms with van der Waals surface area (Å²) in [5, 5.41) is 7.30. The fourth-order valence-corrected chi connectivity index (χ4v) is 7.65. The zero-order chi connectivity index (χ0) is 51.7. The maximum absolute atomic E-state index is 14.6. The van der Waals surface area contributed by atoms with Crippen LogP contribution in [0.2, 0.25) is 15.5 Å². The number of benzene rings is 2. The average Bonchev–Trinajstić information content (AvgIpc) is 3.88. The van der Waals surface area contributed by atoms with E-state index < -0.39 is 151 Å². The maximum atomic E-state index is 14.6. The number of nitrogens with one attached hydrogen (secondary N) is 1. The summed E-state index contributed by atoms with van der Waals surface area (Å²) in [5.74, 6) is -15.8. The number of fused-ring (bicyclic) bond motifs is 2. The minimum absolute atomic E-state index is 0.240. The molecule has 0 aliphatic carbocycles. The fourth-order valence-electron chi connectivity index (χ4n) is 6.79. The third-order valence-electron chi connectivity index (χ3n) is 9.89. The lowest BCUT2D eigenvalue weighted by Gasteiger charge is -2.35. The number of hydrogen-bond donors (Lipinski definition) is 1. The molecule has 2 aliphatic heterocycles. The SMILES string of the molecule is CCl.FC(F)(F)C1CCNCC1.Fc1cc(F)c(-c2c(Cl)nc3nc(C(F)(F)F)nn3c2Cl)c(F)c1.Fc1cc(F)c(-c2c(Cl)nc3nc(C(F)(F)F)nn3c2N2CCC(C(F)(F)F)CC2)c(F)c1. The van der Waals surface area contributed by atoms with Crippen LogP contribution < -0.4 is 10.2 Å². The molecule has 32 heteroatoms. The summed E-state index contributed by atoms with van der Waals surface area (Å²) in [6.07, 6.45) is -17.3. The van der Waals surface area contributed by atoms with Gasteiger partial charge >= 0.3 is 24.7 Å². The zero-order valence-electron chi connectivity index (χ0n) is 34.0. The normalized spacial score (nSPS) is 15.4. The van der Waals surface area contributed by atoms with Crippen LogP contribution in [-0.4, -0.2) is 84.1 Å². The zero-order valence-corrected chi connectivity index (χ0v) is 37.0. The Bertz CT molecular complexity index is 2730. The predicted molar refractivity (Wildman–Crippen MR) is 212 cm³/mol. The van der Waals surface area contributed by atoms with Crippen molar-refractivity contribution in [1.82, 2.24) is 44.5 Å². The van der Waals surface area contributed by atoms with Gasteiger partial charge < -0.3 is 10.2 Å². The molecular formula is C37H26Cl4F18N10. The average molecular weight is 1090 g/mol. The molecular weight excluding hydrogens is 1070 g/mol. The standard InChI is InChI=1S/C18H11ClF9N5.C12H2Cl2F6N4.C6H10F3N.CH3Cl/c19-13-12(11-9(21)5-8(20)6-10(11)22)14(32-3-1-7(2-4-32)17(23,24)25)33-16(29-13)30-15(31-33)18(26,27)28;13-8-7(6-4(16)1-3(15)2-5(6)17)9(14)24-11(21-8)22-10(23-24)12(18,19)20;7-6(8,9)5-1-3-10-4-2-5;1-2/h5-7H,1-4H2;1-2H;5,10H,1-4H2;1H3. The highest BCUT2D eigenvalue weighted by atomic mass is 35.5. The van der Waals surface area contributed by atoms with Crippen molar-refractivity contribution in [2.45, 2.75) is 50.4 Å². The van der Waals surface area contributed by atoms with Gasteiger partial charge in [0.15, 0.2) is 0 Å². The molecule has 0 atom stereocenters. The van der Waals surface area contributed by atoms with E-state index >= 15 is 0 Å². The van der Waals surface area contributed by atoms with Gasteiger partial charge in [-0.3, -0.25) is 0 Å². The largest absolute Gasteiger partial charge is 0.453 e. The number of aromatic nitrogens is 8. The molecule has 1 N–H and O–H groups in total. The Morgan fingerprint density at radius 2 is 0.870 bits per heavy atom. The molecule has 2 aliphatic rings. The van der Waals surface area contributed by atoms with Gasteiger partial charge in [-0.05, 0) is 38.8 Å². The van der Waals surface area contributed by atoms with E-state index in [9.17, 15) is 79.0 Å². The maximum Gasteiger partial charge on any atom is 0.453 e. The Balaban J connectivity index is 0.000000214. The minimum atomic E-state index is -5.02. The van der Waals surface area contributed by atoms with Gasteiger partial charge in [-0.15, -0.1) is 21.8 Å². The fraction of sp³-hybridized carbons (Fsp3) is 0.405. The van der Waals surface area contributed by atoms with Gasteiger partial charge in [-0.1, -0.05) is 34.8 Å². The number of halogens is 22. The summed E-state index contributed by atoms with van der Waals surface area (Å²) in [4.78, 5) is 14.6. The molecule has 6 heterocycles. The Morgan fingerprint density at radius 3 is 1.26 bits per heavy atom. The lowest BCUT2D eigenvalue weighted by atomic mass is 9.95. The van der Waals surface area contributed by atoms with Crippen molar-refractivity contribution >= 4 is 63.8 Å². The first kappa shape index (κ1) is 55.1. The summed E-state index contributed by atoms with van der Waals surface area (Å²) < 4.78 is 237. The molecule has 69 heavy (non-hydrogen) atoms. The quantitative estimate of drug-likeness (QED) is 0.106. The van der Waals surface area contributed by atoms with E-state index in [1.807, 2.05) is 0 Å². The Labute approximate surface area is 394 Å². The van der Waals surface area contributed by atoms with Crippen LogP contribution in [-0.2, 0) is 12.4 Å². The number of rotatable bonds is 3. The van der Waals surface area contributed by atoms with E-state index in [1.165, 1.54) is 6.38 Å². The van der Waals surface area contributed by atoms with Crippen LogP contribution in [0.5, 0.6) is 0 Å². The van der Waals surface area contributed by atoms with Gasteiger partial charge in [0, 0.05) is 43.7 Å². The first-order valence-electron chi connectivity index (χ1n) is 19.0. The van der Waals surface area contributed by atoms with E-state index in [2.05, 4.69) is 47.1 Å². The lowest BCUT2D eigenvalue weighted by molar-refractivity contribution is -0.180. The predicted octanol–water partition coefficient (Wildman–Crippen LogP) is 12.6. The van der Waals surface area contributed by atoms with Crippen LogP contribution in [0, 0.1) is 46.7 Å². The van der Waals surface area contributed by atoms with Crippen LogP contribution in [0.4, 0.5) is 84.8 Å². The first-order chi connectivity index (χ1) is 32.0. The van der Waals surface area contributed by atoms with Gasteiger partial charge in [-0.2, -0.15) is 81.7 Å². The number of anilines is 1. The third kappa shape index (κ3) is 12.6. The molecule has 2 aromatic carbocycles. The molecule has 378 valence electrons. The van der Waals surface area contributed by atoms with Gasteiger partial charge in [0.05, 0.1) is 34.1 Å². The number of piperidine rings is 2. The molecule has 0 spiro atoms. The smallest absolute Gasteiger partial charge is 0.356 e. The van der Waals surface area contributed by atoms with Gasteiger partial charge in [0.1, 0.15) is 56.2 Å². The van der Waals surface area contributed by atoms with Crippen molar-refractivity contribution in [3.63, 3.8) is 0 Å². The summed E-state index contributed by atoms with van der Waals surface area (Å²) >= 11 is 22.3. The molecule has 4 aromatic heterocycles. The highest BCUT2D eigenvalue weighted by Gasteiger charge is 2.44. The van der Waals surface area contributed by atoms with Crippen LogP contribution in [0.15, 0.2) is 24.3 Å². The van der Waals surface area contributed by atoms with Crippen molar-refractivity contribution in [3.05, 3.63) is 86.3 Å². The summed E-state index contributed by atoms with van der Waals surface area (Å²) in [6.45, 7) is 0.310. The Hall–Kier alpha value is -4.80. The molecule has 2 saturated heterocycles. The highest BCUT2D eigenvalue weighted by molar-refractivity contribution is 6.38. The highest BCUT2D eigenvalue weighted by Crippen LogP contribution is 2.44. The number of hydrogen-bond acceptors (Lipinski definition) is 8. The van der Waals surface area contributed by atoms with Crippen molar-refractivity contribution < 1.29 is 79.0 Å². The minimum Gasteiger partial charge on any atom is -0.356 e. The molecule has 0 amide bonds. The van der Waals surface area contributed by atoms with Crippen molar-refractivity contribution in [3.8, 4) is 22.3 Å². The molecule has 6 aromatic rings. The molecule has 0 bridgehead atoms. The molecule has 0 radical (unpaired) electrons. The summed E-state index contributed by atoms with van der Waals surface area (Å²) in [5.41, 5.74) is -2.96. The van der Waals surface area contributed by atoms with E-state index in [1.54, 1.807) is 0 Å². The lowest BCUT2D eigenvalue weighted by Crippen LogP contribution is -2.40. The van der Waals surface area contributed by atoms with Crippen molar-refractivity contribution in [1.29, 1.82) is 0 Å².